The molecule has 1 fully saturated rings. The Morgan fingerprint density at radius 1 is 1.32 bits per heavy atom. The summed E-state index contributed by atoms with van der Waals surface area (Å²) in [4.78, 5) is 14.5. The number of anilines is 1. The summed E-state index contributed by atoms with van der Waals surface area (Å²) in [6.07, 6.45) is 1.66. The molecule has 1 aliphatic heterocycles. The van der Waals surface area contributed by atoms with Gasteiger partial charge in [0.15, 0.2) is 15.8 Å². The fraction of sp³-hybridized carbons (Fsp3) is 0.0556. The lowest BCUT2D eigenvalue weighted by Crippen LogP contribution is -2.27. The second-order valence-corrected chi connectivity index (χ2v) is 6.79. The van der Waals surface area contributed by atoms with Crippen molar-refractivity contribution >= 4 is 46.0 Å². The number of carbonyl (C=O) groups is 1. The number of phenols is 1. The number of hydrogen-bond donors (Lipinski definition) is 1. The van der Waals surface area contributed by atoms with Crippen LogP contribution >= 0.6 is 24.0 Å². The van der Waals surface area contributed by atoms with Crippen molar-refractivity contribution in [2.24, 2.45) is 0 Å². The Morgan fingerprint density at radius 2 is 2.12 bits per heavy atom. The Hall–Kier alpha value is -2.82. The van der Waals surface area contributed by atoms with E-state index in [4.69, 9.17) is 22.2 Å². The average molecular weight is 368 g/mol. The third-order valence-corrected chi connectivity index (χ3v) is 4.83. The molecule has 0 spiro atoms. The molecule has 0 bridgehead atoms. The molecule has 2 aromatic rings. The van der Waals surface area contributed by atoms with Crippen molar-refractivity contribution in [2.45, 2.75) is 0 Å². The number of thiocarbonyl (C=S) groups is 1. The van der Waals surface area contributed by atoms with Gasteiger partial charge in [-0.05, 0) is 42.0 Å². The van der Waals surface area contributed by atoms with Gasteiger partial charge in [-0.25, -0.2) is 0 Å². The van der Waals surface area contributed by atoms with Crippen LogP contribution in [-0.4, -0.2) is 22.4 Å². The number of ether oxygens (including phenoxy) is 1. The Morgan fingerprint density at radius 3 is 2.80 bits per heavy atom. The van der Waals surface area contributed by atoms with Gasteiger partial charge in [-0.15, -0.1) is 0 Å². The summed E-state index contributed by atoms with van der Waals surface area (Å²) in [7, 11) is 1.47. The van der Waals surface area contributed by atoms with E-state index < -0.39 is 0 Å². The van der Waals surface area contributed by atoms with Crippen LogP contribution in [0, 0.1) is 11.3 Å². The number of nitriles is 1. The molecule has 1 N–H and O–H groups in total. The first kappa shape index (κ1) is 17.0. The highest BCUT2D eigenvalue weighted by Crippen LogP contribution is 2.37. The largest absolute Gasteiger partial charge is 0.504 e. The molecule has 5 nitrogen and oxygen atoms in total. The highest BCUT2D eigenvalue weighted by Gasteiger charge is 2.33. The average Bonchev–Trinajstić information content (AvgIpc) is 2.88. The van der Waals surface area contributed by atoms with E-state index in [2.05, 4.69) is 0 Å². The maximum Gasteiger partial charge on any atom is 0.270 e. The molecule has 3 rings (SSSR count). The number of benzene rings is 2. The Kier molecular flexibility index (Phi) is 4.74. The van der Waals surface area contributed by atoms with Gasteiger partial charge in [0.25, 0.3) is 5.91 Å². The lowest BCUT2D eigenvalue weighted by molar-refractivity contribution is -0.113. The van der Waals surface area contributed by atoms with Crippen LogP contribution in [-0.2, 0) is 4.79 Å². The molecule has 25 heavy (non-hydrogen) atoms. The van der Waals surface area contributed by atoms with E-state index in [1.807, 2.05) is 6.07 Å². The van der Waals surface area contributed by atoms with Gasteiger partial charge in [0.05, 0.1) is 29.3 Å². The summed E-state index contributed by atoms with van der Waals surface area (Å²) in [5.41, 5.74) is 1.67. The first-order valence-electron chi connectivity index (χ1n) is 7.18. The predicted octanol–water partition coefficient (Wildman–Crippen LogP) is 3.68. The molecule has 0 saturated carbocycles. The van der Waals surface area contributed by atoms with Gasteiger partial charge in [0, 0.05) is 0 Å². The van der Waals surface area contributed by atoms with Crippen LogP contribution in [0.1, 0.15) is 11.1 Å². The number of aromatic hydroxyl groups is 1. The standard InChI is InChI=1S/C18H12N2O3S2/c1-23-15-6-5-11(8-14(15)21)9-16-17(22)20(18(24)25-16)13-4-2-3-12(7-13)10-19/h2-9,21H,1H3. The molecule has 2 aromatic carbocycles. The molecule has 124 valence electrons. The zero-order chi connectivity index (χ0) is 18.0. The maximum atomic E-state index is 12.7. The van der Waals surface area contributed by atoms with E-state index in [1.165, 1.54) is 29.8 Å². The highest BCUT2D eigenvalue weighted by molar-refractivity contribution is 8.27. The maximum absolute atomic E-state index is 12.7. The second kappa shape index (κ2) is 6.97. The van der Waals surface area contributed by atoms with Crippen LogP contribution in [0.25, 0.3) is 6.08 Å². The third kappa shape index (κ3) is 3.36. The first-order valence-corrected chi connectivity index (χ1v) is 8.41. The number of nitrogens with zero attached hydrogens (tertiary/aromatic N) is 2. The number of amides is 1. The fourth-order valence-electron chi connectivity index (χ4n) is 2.35. The Labute approximate surface area is 154 Å². The topological polar surface area (TPSA) is 73.6 Å². The summed E-state index contributed by atoms with van der Waals surface area (Å²) < 4.78 is 5.40. The molecule has 1 aliphatic rings. The quantitative estimate of drug-likeness (QED) is 0.658. The van der Waals surface area contributed by atoms with E-state index in [0.717, 1.165) is 0 Å². The van der Waals surface area contributed by atoms with Gasteiger partial charge < -0.3 is 9.84 Å². The van der Waals surface area contributed by atoms with Crippen molar-refractivity contribution in [1.82, 2.24) is 0 Å². The van der Waals surface area contributed by atoms with E-state index >= 15 is 0 Å². The first-order chi connectivity index (χ1) is 12.0. The Bertz CT molecular complexity index is 948. The van der Waals surface area contributed by atoms with Gasteiger partial charge in [0.2, 0.25) is 0 Å². The highest BCUT2D eigenvalue weighted by atomic mass is 32.2. The van der Waals surface area contributed by atoms with Crippen molar-refractivity contribution in [3.8, 4) is 17.6 Å². The monoisotopic (exact) mass is 368 g/mol. The van der Waals surface area contributed by atoms with Crippen LogP contribution in [0.2, 0.25) is 0 Å². The van der Waals surface area contributed by atoms with Gasteiger partial charge >= 0.3 is 0 Å². The minimum atomic E-state index is -0.264. The molecule has 7 heteroatoms. The molecular weight excluding hydrogens is 356 g/mol. The third-order valence-electron chi connectivity index (χ3n) is 3.53. The SMILES string of the molecule is COc1ccc(C=C2SC(=S)N(c3cccc(C#N)c3)C2=O)cc1O. The number of hydrogen-bond acceptors (Lipinski definition) is 6. The van der Waals surface area contributed by atoms with E-state index in [1.54, 1.807) is 42.5 Å². The summed E-state index contributed by atoms with van der Waals surface area (Å²) in [6.45, 7) is 0. The summed E-state index contributed by atoms with van der Waals surface area (Å²) in [6, 6.07) is 13.6. The van der Waals surface area contributed by atoms with Crippen molar-refractivity contribution in [3.63, 3.8) is 0 Å². The van der Waals surface area contributed by atoms with Gasteiger partial charge in [0.1, 0.15) is 0 Å². The minimum Gasteiger partial charge on any atom is -0.504 e. The molecular formula is C18H12N2O3S2. The molecule has 0 aliphatic carbocycles. The lowest BCUT2D eigenvalue weighted by atomic mass is 10.1. The van der Waals surface area contributed by atoms with E-state index in [9.17, 15) is 9.90 Å². The molecule has 0 atom stereocenters. The second-order valence-electron chi connectivity index (χ2n) is 5.11. The number of methoxy groups -OCH3 is 1. The number of thioether (sulfide) groups is 1. The van der Waals surface area contributed by atoms with Crippen LogP contribution in [0.5, 0.6) is 11.5 Å². The van der Waals surface area contributed by atoms with E-state index in [-0.39, 0.29) is 11.7 Å². The molecule has 1 amide bonds. The molecule has 0 radical (unpaired) electrons. The Balaban J connectivity index is 1.93. The number of phenolic OH excluding ortho intramolecular Hbond substituents is 1. The van der Waals surface area contributed by atoms with Gasteiger partial charge in [-0.3, -0.25) is 9.69 Å². The molecule has 1 saturated heterocycles. The molecule has 0 unspecified atom stereocenters. The minimum absolute atomic E-state index is 0.00606. The van der Waals surface area contributed by atoms with E-state index in [0.29, 0.717) is 31.8 Å². The summed E-state index contributed by atoms with van der Waals surface area (Å²) in [5.74, 6) is 0.0897. The number of rotatable bonds is 3. The van der Waals surface area contributed by atoms with Crippen LogP contribution < -0.4 is 9.64 Å². The zero-order valence-corrected chi connectivity index (χ0v) is 14.7. The van der Waals surface area contributed by atoms with Crippen LogP contribution in [0.3, 0.4) is 0 Å². The van der Waals surface area contributed by atoms with Crippen LogP contribution in [0.15, 0.2) is 47.4 Å². The van der Waals surface area contributed by atoms with Crippen LogP contribution in [0.4, 0.5) is 5.69 Å². The van der Waals surface area contributed by atoms with Gasteiger partial charge in [-0.1, -0.05) is 36.1 Å². The fourth-order valence-corrected chi connectivity index (χ4v) is 3.65. The van der Waals surface area contributed by atoms with Crippen molar-refractivity contribution in [3.05, 3.63) is 58.5 Å². The summed E-state index contributed by atoms with van der Waals surface area (Å²) >= 11 is 6.49. The predicted molar refractivity (Wildman–Crippen MR) is 101 cm³/mol. The normalized spacial score (nSPS) is 15.5. The summed E-state index contributed by atoms with van der Waals surface area (Å²) in [5, 5.41) is 18.9. The molecule has 1 heterocycles. The smallest absolute Gasteiger partial charge is 0.270 e. The van der Waals surface area contributed by atoms with Crippen molar-refractivity contribution < 1.29 is 14.6 Å². The van der Waals surface area contributed by atoms with Crippen molar-refractivity contribution in [1.29, 1.82) is 5.26 Å². The van der Waals surface area contributed by atoms with Crippen molar-refractivity contribution in [2.75, 3.05) is 12.0 Å². The molecule has 0 aromatic heterocycles. The zero-order valence-electron chi connectivity index (χ0n) is 13.1. The number of carbonyl (C=O) groups excluding carboxylic acids is 1. The van der Waals surface area contributed by atoms with Gasteiger partial charge in [-0.2, -0.15) is 5.26 Å². The lowest BCUT2D eigenvalue weighted by Gasteiger charge is -2.14.